The largest absolute Gasteiger partial charge is 0.591 e. The first-order chi connectivity index (χ1) is 8.81. The lowest BCUT2D eigenvalue weighted by Gasteiger charge is -2.26. The summed E-state index contributed by atoms with van der Waals surface area (Å²) in [7, 11) is 0. The second-order valence-electron chi connectivity index (χ2n) is 4.76. The number of benzene rings is 1. The highest BCUT2D eigenvalue weighted by atomic mass is 79.9. The Morgan fingerprint density at radius 1 is 1.42 bits per heavy atom. The first-order valence-electron chi connectivity index (χ1n) is 5.98. The summed E-state index contributed by atoms with van der Waals surface area (Å²) in [5, 5.41) is -0.120. The third-order valence-corrected chi connectivity index (χ3v) is 4.67. The summed E-state index contributed by atoms with van der Waals surface area (Å²) >= 11 is 1.89. The third-order valence-electron chi connectivity index (χ3n) is 2.97. The Bertz CT molecular complexity index is 519. The van der Waals surface area contributed by atoms with E-state index in [0.717, 1.165) is 0 Å². The molecule has 2 nitrogen and oxygen atoms in total. The van der Waals surface area contributed by atoms with Crippen LogP contribution in [0.3, 0.4) is 0 Å². The van der Waals surface area contributed by atoms with Crippen molar-refractivity contribution < 1.29 is 13.3 Å². The number of rotatable bonds is 2. The van der Waals surface area contributed by atoms with E-state index in [1.165, 1.54) is 6.07 Å². The Kier molecular flexibility index (Phi) is 4.32. The van der Waals surface area contributed by atoms with Crippen molar-refractivity contribution in [2.75, 3.05) is 0 Å². The molecule has 0 amide bonds. The molecule has 1 aliphatic rings. The lowest BCUT2D eigenvalue weighted by Crippen LogP contribution is -2.26. The van der Waals surface area contributed by atoms with E-state index in [0.29, 0.717) is 15.7 Å². The summed E-state index contributed by atoms with van der Waals surface area (Å²) in [5.41, 5.74) is 0.885. The second kappa shape index (κ2) is 5.50. The lowest BCUT2D eigenvalue weighted by molar-refractivity contribution is -0.0139. The Labute approximate surface area is 122 Å². The molecule has 1 aliphatic carbocycles. The lowest BCUT2D eigenvalue weighted by atomic mass is 9.87. The van der Waals surface area contributed by atoms with Crippen molar-refractivity contribution in [1.29, 1.82) is 0 Å². The summed E-state index contributed by atoms with van der Waals surface area (Å²) in [6.07, 6.45) is -0.134. The molecule has 0 bridgehead atoms. The van der Waals surface area contributed by atoms with Gasteiger partial charge < -0.3 is 4.55 Å². The molecule has 1 atom stereocenters. The first-order valence-corrected chi connectivity index (χ1v) is 7.94. The van der Waals surface area contributed by atoms with Gasteiger partial charge in [0, 0.05) is 28.4 Å². The molecule has 0 fully saturated rings. The van der Waals surface area contributed by atoms with Gasteiger partial charge >= 0.3 is 0 Å². The van der Waals surface area contributed by atoms with E-state index < -0.39 is 17.3 Å². The van der Waals surface area contributed by atoms with Gasteiger partial charge in [-0.2, -0.15) is 0 Å². The summed E-state index contributed by atoms with van der Waals surface area (Å²) in [6, 6.07) is 4.63. The fourth-order valence-electron chi connectivity index (χ4n) is 1.93. The van der Waals surface area contributed by atoms with Crippen LogP contribution in [0.5, 0.6) is 0 Å². The van der Waals surface area contributed by atoms with Crippen molar-refractivity contribution in [1.82, 2.24) is 0 Å². The van der Waals surface area contributed by atoms with E-state index in [2.05, 4.69) is 20.3 Å². The number of hydrogen-bond donors (Lipinski definition) is 0. The molecule has 0 saturated heterocycles. The first kappa shape index (κ1) is 14.9. The number of fused-ring (bicyclic) bond motifs is 1. The van der Waals surface area contributed by atoms with Crippen LogP contribution in [-0.2, 0) is 17.3 Å². The van der Waals surface area contributed by atoms with Gasteiger partial charge in [0.2, 0.25) is 0 Å². The Morgan fingerprint density at radius 2 is 2.11 bits per heavy atom. The summed E-state index contributed by atoms with van der Waals surface area (Å²) in [4.78, 5) is 0. The average Bonchev–Trinajstić information content (AvgIpc) is 2.32. The van der Waals surface area contributed by atoms with E-state index >= 15 is 0 Å². The molecule has 0 radical (unpaired) electrons. The van der Waals surface area contributed by atoms with Crippen molar-refractivity contribution in [2.45, 2.75) is 37.9 Å². The summed E-state index contributed by atoms with van der Waals surface area (Å²) in [6.45, 7) is 3.58. The molecule has 0 spiro atoms. The van der Waals surface area contributed by atoms with Crippen LogP contribution in [0.15, 0.2) is 27.1 Å². The maximum absolute atomic E-state index is 13.9. The highest BCUT2D eigenvalue weighted by Crippen LogP contribution is 2.41. The van der Waals surface area contributed by atoms with Gasteiger partial charge in [0.05, 0.1) is 17.1 Å². The third kappa shape index (κ3) is 3.17. The van der Waals surface area contributed by atoms with Crippen LogP contribution in [0.25, 0.3) is 0 Å². The normalized spacial score (nSPS) is 21.5. The Morgan fingerprint density at radius 3 is 2.74 bits per heavy atom. The van der Waals surface area contributed by atoms with Gasteiger partial charge in [0.25, 0.3) is 5.92 Å². The molecule has 0 aromatic heterocycles. The van der Waals surface area contributed by atoms with Crippen molar-refractivity contribution in [3.63, 3.8) is 0 Å². The van der Waals surface area contributed by atoms with Gasteiger partial charge in [-0.15, -0.1) is 0 Å². The topological polar surface area (TPSA) is 35.4 Å². The van der Waals surface area contributed by atoms with E-state index in [-0.39, 0.29) is 23.7 Å². The van der Waals surface area contributed by atoms with Gasteiger partial charge in [-0.1, -0.05) is 26.4 Å². The standard InChI is InChI=1S/C13H14BrF2NOS/c1-8(2)19(18)17-12-5-6-13(15,16)11-4-3-9(14)7-10(11)12/h3-4,7-8H,5-6H2,1-2H3/b17-12+. The van der Waals surface area contributed by atoms with Crippen LogP contribution < -0.4 is 0 Å². The molecule has 1 unspecified atom stereocenters. The average molecular weight is 350 g/mol. The zero-order chi connectivity index (χ0) is 14.2. The van der Waals surface area contributed by atoms with E-state index in [1.54, 1.807) is 26.0 Å². The fraction of sp³-hybridized carbons (Fsp3) is 0.462. The number of hydrogen-bond acceptors (Lipinski definition) is 2. The van der Waals surface area contributed by atoms with E-state index in [4.69, 9.17) is 0 Å². The molecule has 1 aromatic carbocycles. The molecule has 19 heavy (non-hydrogen) atoms. The van der Waals surface area contributed by atoms with Crippen molar-refractivity contribution in [3.05, 3.63) is 33.8 Å². The molecule has 0 N–H and O–H groups in total. The number of nitrogens with zero attached hydrogens (tertiary/aromatic N) is 1. The molecule has 104 valence electrons. The highest BCUT2D eigenvalue weighted by Gasteiger charge is 2.39. The van der Waals surface area contributed by atoms with Crippen molar-refractivity contribution >= 4 is 33.0 Å². The van der Waals surface area contributed by atoms with E-state index in [9.17, 15) is 13.3 Å². The second-order valence-corrected chi connectivity index (χ2v) is 7.35. The minimum absolute atomic E-state index is 0.0264. The van der Waals surface area contributed by atoms with Crippen LogP contribution in [0.4, 0.5) is 8.78 Å². The predicted molar refractivity (Wildman–Crippen MR) is 77.1 cm³/mol. The summed E-state index contributed by atoms with van der Waals surface area (Å²) < 4.78 is 44.3. The maximum atomic E-state index is 13.9. The Hall–Kier alpha value is -0.460. The fourth-order valence-corrected chi connectivity index (χ4v) is 2.91. The van der Waals surface area contributed by atoms with Gasteiger partial charge in [-0.25, -0.2) is 8.78 Å². The van der Waals surface area contributed by atoms with Gasteiger partial charge in [0.15, 0.2) is 0 Å². The minimum Gasteiger partial charge on any atom is -0.591 e. The smallest absolute Gasteiger partial charge is 0.274 e. The van der Waals surface area contributed by atoms with E-state index in [1.807, 2.05) is 0 Å². The van der Waals surface area contributed by atoms with Crippen LogP contribution in [0.2, 0.25) is 0 Å². The molecule has 6 heteroatoms. The number of halogens is 3. The molecular formula is C13H14BrF2NOS. The van der Waals surface area contributed by atoms with Crippen LogP contribution in [0, 0.1) is 0 Å². The monoisotopic (exact) mass is 349 g/mol. The van der Waals surface area contributed by atoms with Crippen molar-refractivity contribution in [3.8, 4) is 0 Å². The minimum atomic E-state index is -2.84. The maximum Gasteiger partial charge on any atom is 0.274 e. The zero-order valence-corrected chi connectivity index (χ0v) is 13.0. The SMILES string of the molecule is CC(C)[S+]([O-])/N=C1\CCC(F)(F)c2ccc(Br)cc21. The predicted octanol–water partition coefficient (Wildman–Crippen LogP) is 4.20. The summed E-state index contributed by atoms with van der Waals surface area (Å²) in [5.74, 6) is -2.84. The molecule has 1 aromatic rings. The quantitative estimate of drug-likeness (QED) is 0.737. The zero-order valence-electron chi connectivity index (χ0n) is 10.6. The number of alkyl halides is 2. The van der Waals surface area contributed by atoms with Crippen LogP contribution >= 0.6 is 15.9 Å². The van der Waals surface area contributed by atoms with Gasteiger partial charge in [-0.05, 0) is 26.0 Å². The van der Waals surface area contributed by atoms with Gasteiger partial charge in [-0.3, -0.25) is 0 Å². The highest BCUT2D eigenvalue weighted by molar-refractivity contribution is 9.10. The molecule has 0 heterocycles. The molecule has 0 aliphatic heterocycles. The molecular weight excluding hydrogens is 336 g/mol. The van der Waals surface area contributed by atoms with Crippen molar-refractivity contribution in [2.24, 2.45) is 4.40 Å². The van der Waals surface area contributed by atoms with Crippen LogP contribution in [0.1, 0.15) is 37.8 Å². The Balaban J connectivity index is 2.49. The molecule has 0 saturated carbocycles. The molecule has 2 rings (SSSR count). The van der Waals surface area contributed by atoms with Gasteiger partial charge in [0.1, 0.15) is 5.25 Å². The van der Waals surface area contributed by atoms with Crippen LogP contribution in [-0.4, -0.2) is 15.5 Å².